The smallest absolute Gasteiger partial charge is 0.260 e. The molecule has 3 heterocycles. The van der Waals surface area contributed by atoms with Crippen molar-refractivity contribution in [1.29, 1.82) is 0 Å². The fourth-order valence-electron chi connectivity index (χ4n) is 3.81. The van der Waals surface area contributed by atoms with Crippen LogP contribution in [0, 0.1) is 5.82 Å². The van der Waals surface area contributed by atoms with Crippen molar-refractivity contribution >= 4 is 5.91 Å². The summed E-state index contributed by atoms with van der Waals surface area (Å²) in [6, 6.07) is 6.10. The van der Waals surface area contributed by atoms with Crippen LogP contribution in [0.25, 0.3) is 0 Å². The first-order valence-corrected chi connectivity index (χ1v) is 8.75. The highest BCUT2D eigenvalue weighted by Gasteiger charge is 2.52. The molecule has 0 radical (unpaired) electrons. The third-order valence-corrected chi connectivity index (χ3v) is 5.24. The zero-order valence-electron chi connectivity index (χ0n) is 14.2. The van der Waals surface area contributed by atoms with Crippen LogP contribution < -0.4 is 4.74 Å². The predicted molar refractivity (Wildman–Crippen MR) is 88.0 cm³/mol. The minimum atomic E-state index is -0.323. The Balaban J connectivity index is 1.23. The van der Waals surface area contributed by atoms with Gasteiger partial charge in [-0.05, 0) is 30.7 Å². The summed E-state index contributed by atoms with van der Waals surface area (Å²) in [7, 11) is 0. The molecular weight excluding hydrogens is 327 g/mol. The lowest BCUT2D eigenvalue weighted by atomic mass is 9.89. The molecule has 0 saturated carbocycles. The summed E-state index contributed by atoms with van der Waals surface area (Å²) >= 11 is 0. The molecule has 7 heteroatoms. The topological polar surface area (TPSA) is 51.2 Å². The summed E-state index contributed by atoms with van der Waals surface area (Å²) in [4.78, 5) is 16.4. The maximum absolute atomic E-state index is 12.9. The number of likely N-dealkylation sites (tertiary alicyclic amines) is 1. The Morgan fingerprint density at radius 1 is 1.24 bits per heavy atom. The molecule has 0 aliphatic carbocycles. The van der Waals surface area contributed by atoms with E-state index in [1.54, 1.807) is 4.90 Å². The molecule has 0 unspecified atom stereocenters. The van der Waals surface area contributed by atoms with Gasteiger partial charge in [-0.15, -0.1) is 0 Å². The van der Waals surface area contributed by atoms with Gasteiger partial charge in [-0.3, -0.25) is 9.69 Å². The minimum absolute atomic E-state index is 0.0331. The summed E-state index contributed by atoms with van der Waals surface area (Å²) in [6.45, 7) is 5.43. The largest absolute Gasteiger partial charge is 0.484 e. The van der Waals surface area contributed by atoms with Crippen LogP contribution in [0.4, 0.5) is 4.39 Å². The molecule has 3 fully saturated rings. The van der Waals surface area contributed by atoms with Crippen molar-refractivity contribution in [1.82, 2.24) is 9.80 Å². The molecular formula is C18H23FN2O4. The number of morpholine rings is 1. The van der Waals surface area contributed by atoms with Gasteiger partial charge in [0.05, 0.1) is 32.9 Å². The number of hydrogen-bond acceptors (Lipinski definition) is 5. The third-order valence-electron chi connectivity index (χ3n) is 5.24. The molecule has 1 atom stereocenters. The van der Waals surface area contributed by atoms with Crippen molar-refractivity contribution in [3.63, 3.8) is 0 Å². The van der Waals surface area contributed by atoms with Crippen LogP contribution in [0.3, 0.4) is 0 Å². The second kappa shape index (κ2) is 6.90. The molecule has 0 aromatic heterocycles. The molecule has 1 amide bonds. The van der Waals surface area contributed by atoms with Gasteiger partial charge in [0, 0.05) is 19.1 Å². The Labute approximate surface area is 146 Å². The summed E-state index contributed by atoms with van der Waals surface area (Å²) in [5.74, 6) is 0.111. The van der Waals surface area contributed by atoms with Gasteiger partial charge >= 0.3 is 0 Å². The molecule has 6 nitrogen and oxygen atoms in total. The number of halogens is 1. The maximum atomic E-state index is 12.9. The lowest BCUT2D eigenvalue weighted by Crippen LogP contribution is -2.64. The molecule has 1 spiro atoms. The van der Waals surface area contributed by atoms with Gasteiger partial charge in [-0.25, -0.2) is 4.39 Å². The quantitative estimate of drug-likeness (QED) is 0.808. The van der Waals surface area contributed by atoms with E-state index in [-0.39, 0.29) is 23.9 Å². The zero-order valence-corrected chi connectivity index (χ0v) is 14.2. The molecule has 1 aromatic rings. The standard InChI is InChI=1S/C18H23FN2O4/c19-14-1-3-16(4-2-14)24-11-17(22)21-12-18(13-21)9-15(10-25-18)20-5-7-23-8-6-20/h1-4,15H,5-13H2/t15-/m0/s1. The second-order valence-corrected chi connectivity index (χ2v) is 6.99. The Morgan fingerprint density at radius 2 is 1.96 bits per heavy atom. The predicted octanol–water partition coefficient (Wildman–Crippen LogP) is 0.907. The normalized spacial score (nSPS) is 25.8. The van der Waals surface area contributed by atoms with E-state index in [9.17, 15) is 9.18 Å². The number of amides is 1. The summed E-state index contributed by atoms with van der Waals surface area (Å²) in [6.07, 6.45) is 0.968. The molecule has 4 rings (SSSR count). The number of nitrogens with zero attached hydrogens (tertiary/aromatic N) is 2. The van der Waals surface area contributed by atoms with Crippen molar-refractivity contribution in [2.75, 3.05) is 52.6 Å². The third kappa shape index (κ3) is 3.63. The summed E-state index contributed by atoms with van der Waals surface area (Å²) in [5.41, 5.74) is -0.186. The summed E-state index contributed by atoms with van der Waals surface area (Å²) < 4.78 is 29.7. The van der Waals surface area contributed by atoms with Gasteiger partial charge < -0.3 is 19.1 Å². The number of rotatable bonds is 4. The Kier molecular flexibility index (Phi) is 4.62. The molecule has 0 bridgehead atoms. The number of hydrogen-bond donors (Lipinski definition) is 0. The molecule has 3 aliphatic rings. The Hall–Kier alpha value is -1.70. The average molecular weight is 350 g/mol. The highest BCUT2D eigenvalue weighted by atomic mass is 19.1. The Bertz CT molecular complexity index is 612. The van der Waals surface area contributed by atoms with Gasteiger partial charge in [0.25, 0.3) is 5.91 Å². The van der Waals surface area contributed by atoms with Crippen molar-refractivity contribution in [2.24, 2.45) is 0 Å². The SMILES string of the molecule is O=C(COc1ccc(F)cc1)N1CC2(C[C@H](N3CCOCC3)CO2)C1. The van der Waals surface area contributed by atoms with Gasteiger partial charge in [-0.1, -0.05) is 0 Å². The molecule has 3 aliphatic heterocycles. The number of ether oxygens (including phenoxy) is 3. The maximum Gasteiger partial charge on any atom is 0.260 e. The molecule has 3 saturated heterocycles. The molecule has 136 valence electrons. The number of benzene rings is 1. The van der Waals surface area contributed by atoms with E-state index in [0.29, 0.717) is 24.9 Å². The van der Waals surface area contributed by atoms with E-state index in [2.05, 4.69) is 4.90 Å². The summed E-state index contributed by atoms with van der Waals surface area (Å²) in [5, 5.41) is 0. The monoisotopic (exact) mass is 350 g/mol. The van der Waals surface area contributed by atoms with Crippen molar-refractivity contribution in [2.45, 2.75) is 18.1 Å². The number of carbonyl (C=O) groups excluding carboxylic acids is 1. The van der Waals surface area contributed by atoms with E-state index >= 15 is 0 Å². The molecule has 25 heavy (non-hydrogen) atoms. The Morgan fingerprint density at radius 3 is 2.68 bits per heavy atom. The highest BCUT2D eigenvalue weighted by Crippen LogP contribution is 2.37. The van der Waals surface area contributed by atoms with Crippen LogP contribution in [-0.4, -0.2) is 80.0 Å². The highest BCUT2D eigenvalue weighted by molar-refractivity contribution is 5.79. The van der Waals surface area contributed by atoms with E-state index in [0.717, 1.165) is 39.3 Å². The average Bonchev–Trinajstić information content (AvgIpc) is 3.06. The van der Waals surface area contributed by atoms with Crippen LogP contribution in [0.15, 0.2) is 24.3 Å². The minimum Gasteiger partial charge on any atom is -0.484 e. The van der Waals surface area contributed by atoms with Crippen LogP contribution >= 0.6 is 0 Å². The van der Waals surface area contributed by atoms with Crippen LogP contribution in [0.5, 0.6) is 5.75 Å². The first-order chi connectivity index (χ1) is 12.1. The van der Waals surface area contributed by atoms with E-state index < -0.39 is 0 Å². The van der Waals surface area contributed by atoms with Gasteiger partial charge in [-0.2, -0.15) is 0 Å². The van der Waals surface area contributed by atoms with Gasteiger partial charge in [0.1, 0.15) is 17.2 Å². The van der Waals surface area contributed by atoms with Gasteiger partial charge in [0.15, 0.2) is 6.61 Å². The van der Waals surface area contributed by atoms with Gasteiger partial charge in [0.2, 0.25) is 0 Å². The van der Waals surface area contributed by atoms with E-state index in [4.69, 9.17) is 14.2 Å². The van der Waals surface area contributed by atoms with E-state index in [1.807, 2.05) is 0 Å². The lowest BCUT2D eigenvalue weighted by Gasteiger charge is -2.47. The molecule has 1 aromatic carbocycles. The first kappa shape index (κ1) is 16.8. The number of carbonyl (C=O) groups is 1. The van der Waals surface area contributed by atoms with Crippen LogP contribution in [-0.2, 0) is 14.3 Å². The second-order valence-electron chi connectivity index (χ2n) is 6.99. The van der Waals surface area contributed by atoms with Crippen molar-refractivity contribution in [3.05, 3.63) is 30.1 Å². The zero-order chi connectivity index (χ0) is 17.3. The van der Waals surface area contributed by atoms with E-state index in [1.165, 1.54) is 24.3 Å². The van der Waals surface area contributed by atoms with Crippen LogP contribution in [0.1, 0.15) is 6.42 Å². The fraction of sp³-hybridized carbons (Fsp3) is 0.611. The molecule has 0 N–H and O–H groups in total. The fourth-order valence-corrected chi connectivity index (χ4v) is 3.81. The van der Waals surface area contributed by atoms with Crippen molar-refractivity contribution in [3.8, 4) is 5.75 Å². The van der Waals surface area contributed by atoms with Crippen molar-refractivity contribution < 1.29 is 23.4 Å². The first-order valence-electron chi connectivity index (χ1n) is 8.75. The lowest BCUT2D eigenvalue weighted by molar-refractivity contribution is -0.159. The van der Waals surface area contributed by atoms with Crippen LogP contribution in [0.2, 0.25) is 0 Å².